The van der Waals surface area contributed by atoms with Crippen LogP contribution in [-0.2, 0) is 6.42 Å². The molecule has 1 atom stereocenters. The Morgan fingerprint density at radius 3 is 2.39 bits per heavy atom. The minimum Gasteiger partial charge on any atom is -0.387 e. The van der Waals surface area contributed by atoms with Crippen molar-refractivity contribution in [2.75, 3.05) is 19.6 Å². The van der Waals surface area contributed by atoms with Gasteiger partial charge in [-0.15, -0.1) is 0 Å². The zero-order valence-electron chi connectivity index (χ0n) is 14.3. The van der Waals surface area contributed by atoms with E-state index < -0.39 is 6.10 Å². The lowest BCUT2D eigenvalue weighted by Gasteiger charge is -2.24. The van der Waals surface area contributed by atoms with E-state index in [9.17, 15) is 5.11 Å². The molecule has 0 bridgehead atoms. The van der Waals surface area contributed by atoms with Crippen LogP contribution in [0.4, 0.5) is 0 Å². The number of benzene rings is 2. The fraction of sp³-hybridized carbons (Fsp3) is 0.429. The molecule has 0 radical (unpaired) electrons. The smallest absolute Gasteiger partial charge is 0.0917 e. The topological polar surface area (TPSA) is 23.5 Å². The lowest BCUT2D eigenvalue weighted by molar-refractivity contribution is 0.113. The van der Waals surface area contributed by atoms with Crippen LogP contribution < -0.4 is 0 Å². The van der Waals surface area contributed by atoms with E-state index in [0.717, 1.165) is 44.5 Å². The van der Waals surface area contributed by atoms with Crippen LogP contribution in [0.5, 0.6) is 0 Å². The molecule has 2 aromatic rings. The van der Waals surface area contributed by atoms with E-state index in [-0.39, 0.29) is 0 Å². The Kier molecular flexibility index (Phi) is 5.14. The van der Waals surface area contributed by atoms with E-state index in [1.807, 2.05) is 0 Å². The third-order valence-corrected chi connectivity index (χ3v) is 4.71. The summed E-state index contributed by atoms with van der Waals surface area (Å²) in [6.45, 7) is 7.24. The number of fused-ring (bicyclic) bond motifs is 3. The molecule has 2 aromatic carbocycles. The summed E-state index contributed by atoms with van der Waals surface area (Å²) in [6.07, 6.45) is 2.85. The van der Waals surface area contributed by atoms with Gasteiger partial charge in [0.1, 0.15) is 0 Å². The van der Waals surface area contributed by atoms with Crippen molar-refractivity contribution in [2.24, 2.45) is 0 Å². The van der Waals surface area contributed by atoms with Crippen LogP contribution in [0.15, 0.2) is 42.5 Å². The quantitative estimate of drug-likeness (QED) is 0.698. The maximum absolute atomic E-state index is 10.7. The SMILES string of the molecule is CCCN(CCC)CC(O)c1ccc2c(c1)Cc1ccccc1-2. The van der Waals surface area contributed by atoms with E-state index >= 15 is 0 Å². The molecule has 23 heavy (non-hydrogen) atoms. The summed E-state index contributed by atoms with van der Waals surface area (Å²) in [7, 11) is 0. The Morgan fingerprint density at radius 1 is 0.957 bits per heavy atom. The molecule has 0 aliphatic heterocycles. The minimum absolute atomic E-state index is 0.401. The zero-order chi connectivity index (χ0) is 16.2. The molecule has 3 rings (SSSR count). The van der Waals surface area contributed by atoms with Gasteiger partial charge in [-0.25, -0.2) is 0 Å². The average molecular weight is 309 g/mol. The number of hydrogen-bond donors (Lipinski definition) is 1. The second kappa shape index (κ2) is 7.29. The molecule has 0 spiro atoms. The molecule has 0 aromatic heterocycles. The lowest BCUT2D eigenvalue weighted by Crippen LogP contribution is -2.30. The van der Waals surface area contributed by atoms with Gasteiger partial charge in [-0.3, -0.25) is 0 Å². The second-order valence-electron chi connectivity index (χ2n) is 6.57. The maximum Gasteiger partial charge on any atom is 0.0917 e. The number of nitrogens with zero attached hydrogens (tertiary/aromatic N) is 1. The van der Waals surface area contributed by atoms with E-state index in [1.165, 1.54) is 22.3 Å². The second-order valence-corrected chi connectivity index (χ2v) is 6.57. The highest BCUT2D eigenvalue weighted by molar-refractivity contribution is 5.76. The van der Waals surface area contributed by atoms with Gasteiger partial charge in [0, 0.05) is 6.54 Å². The van der Waals surface area contributed by atoms with Gasteiger partial charge in [-0.05, 0) is 60.2 Å². The third-order valence-electron chi connectivity index (χ3n) is 4.71. The maximum atomic E-state index is 10.7. The van der Waals surface area contributed by atoms with Gasteiger partial charge in [-0.2, -0.15) is 0 Å². The predicted octanol–water partition coefficient (Wildman–Crippen LogP) is 4.41. The van der Waals surface area contributed by atoms with Crippen molar-refractivity contribution in [1.29, 1.82) is 0 Å². The summed E-state index contributed by atoms with van der Waals surface area (Å²) in [4.78, 5) is 2.37. The highest BCUT2D eigenvalue weighted by Crippen LogP contribution is 2.37. The molecule has 1 aliphatic carbocycles. The molecule has 1 aliphatic rings. The van der Waals surface area contributed by atoms with Gasteiger partial charge < -0.3 is 10.0 Å². The summed E-state index contributed by atoms with van der Waals surface area (Å²) in [5, 5.41) is 10.7. The first-order chi connectivity index (χ1) is 11.2. The van der Waals surface area contributed by atoms with Crippen molar-refractivity contribution in [3.05, 3.63) is 59.2 Å². The Hall–Kier alpha value is -1.64. The van der Waals surface area contributed by atoms with Gasteiger partial charge in [-0.1, -0.05) is 56.3 Å². The lowest BCUT2D eigenvalue weighted by atomic mass is 10.0. The van der Waals surface area contributed by atoms with Crippen molar-refractivity contribution in [3.8, 4) is 11.1 Å². The monoisotopic (exact) mass is 309 g/mol. The van der Waals surface area contributed by atoms with Gasteiger partial charge in [0.15, 0.2) is 0 Å². The van der Waals surface area contributed by atoms with Crippen LogP contribution in [0, 0.1) is 0 Å². The number of aliphatic hydroxyl groups is 1. The normalized spacial score (nSPS) is 13.9. The molecule has 2 nitrogen and oxygen atoms in total. The van der Waals surface area contributed by atoms with Gasteiger partial charge in [0.2, 0.25) is 0 Å². The Morgan fingerprint density at radius 2 is 1.65 bits per heavy atom. The fourth-order valence-corrected chi connectivity index (χ4v) is 3.65. The molecule has 0 saturated heterocycles. The highest BCUT2D eigenvalue weighted by Gasteiger charge is 2.20. The van der Waals surface area contributed by atoms with Crippen LogP contribution in [0.1, 0.15) is 49.5 Å². The van der Waals surface area contributed by atoms with E-state index in [2.05, 4.69) is 61.2 Å². The van der Waals surface area contributed by atoms with E-state index in [1.54, 1.807) is 0 Å². The van der Waals surface area contributed by atoms with Crippen LogP contribution in [0.3, 0.4) is 0 Å². The predicted molar refractivity (Wildman–Crippen MR) is 96.7 cm³/mol. The van der Waals surface area contributed by atoms with Crippen LogP contribution in [0.25, 0.3) is 11.1 Å². The zero-order valence-corrected chi connectivity index (χ0v) is 14.3. The van der Waals surface area contributed by atoms with Crippen LogP contribution in [-0.4, -0.2) is 29.6 Å². The van der Waals surface area contributed by atoms with Crippen molar-refractivity contribution in [3.63, 3.8) is 0 Å². The number of rotatable bonds is 7. The summed E-state index contributed by atoms with van der Waals surface area (Å²) in [5.41, 5.74) is 6.47. The largest absolute Gasteiger partial charge is 0.387 e. The van der Waals surface area contributed by atoms with Crippen molar-refractivity contribution < 1.29 is 5.11 Å². The summed E-state index contributed by atoms with van der Waals surface area (Å²) in [6, 6.07) is 15.1. The van der Waals surface area contributed by atoms with Gasteiger partial charge in [0.05, 0.1) is 6.10 Å². The molecule has 1 N–H and O–H groups in total. The third kappa shape index (κ3) is 3.49. The van der Waals surface area contributed by atoms with Gasteiger partial charge in [0.25, 0.3) is 0 Å². The highest BCUT2D eigenvalue weighted by atomic mass is 16.3. The standard InChI is InChI=1S/C21H27NO/c1-3-11-22(12-4-2)15-21(23)17-9-10-20-18(14-17)13-16-7-5-6-8-19(16)20/h5-10,14,21,23H,3-4,11-13,15H2,1-2H3. The molecule has 0 saturated carbocycles. The molecular weight excluding hydrogens is 282 g/mol. The van der Waals surface area contributed by atoms with Crippen molar-refractivity contribution in [1.82, 2.24) is 4.90 Å². The fourth-order valence-electron chi connectivity index (χ4n) is 3.65. The molecule has 0 amide bonds. The Bertz CT molecular complexity index is 659. The summed E-state index contributed by atoms with van der Waals surface area (Å²) >= 11 is 0. The van der Waals surface area contributed by atoms with E-state index in [0.29, 0.717) is 0 Å². The number of hydrogen-bond acceptors (Lipinski definition) is 2. The Balaban J connectivity index is 1.76. The Labute approximate surface area is 139 Å². The summed E-state index contributed by atoms with van der Waals surface area (Å²) in [5.74, 6) is 0. The first-order valence-electron chi connectivity index (χ1n) is 8.84. The molecule has 0 fully saturated rings. The summed E-state index contributed by atoms with van der Waals surface area (Å²) < 4.78 is 0. The van der Waals surface area contributed by atoms with Crippen molar-refractivity contribution >= 4 is 0 Å². The molecule has 1 unspecified atom stereocenters. The average Bonchev–Trinajstić information content (AvgIpc) is 2.93. The first-order valence-corrected chi connectivity index (χ1v) is 8.84. The molecular formula is C21H27NO. The molecule has 122 valence electrons. The van der Waals surface area contributed by atoms with Crippen LogP contribution in [0.2, 0.25) is 0 Å². The molecule has 0 heterocycles. The first kappa shape index (κ1) is 16.2. The van der Waals surface area contributed by atoms with E-state index in [4.69, 9.17) is 0 Å². The minimum atomic E-state index is -0.401. The van der Waals surface area contributed by atoms with Crippen LogP contribution >= 0.6 is 0 Å². The number of aliphatic hydroxyl groups excluding tert-OH is 1. The van der Waals surface area contributed by atoms with Gasteiger partial charge >= 0.3 is 0 Å². The molecule has 2 heteroatoms. The van der Waals surface area contributed by atoms with Crippen molar-refractivity contribution in [2.45, 2.75) is 39.2 Å².